The van der Waals surface area contributed by atoms with E-state index >= 15 is 0 Å². The van der Waals surface area contributed by atoms with Crippen LogP contribution in [-0.2, 0) is 11.8 Å². The number of fused-ring (bicyclic) bond motifs is 1. The zero-order chi connectivity index (χ0) is 18.0. The number of rotatable bonds is 4. The highest BCUT2D eigenvalue weighted by Crippen LogP contribution is 2.39. The number of para-hydroxylation sites is 1. The SMILES string of the molecule is C#CCSc1nc(=O)c2c(n1C)NC(=O)CC2c1ccccc1OC. The van der Waals surface area contributed by atoms with Gasteiger partial charge in [0.05, 0.1) is 18.4 Å². The zero-order valence-electron chi connectivity index (χ0n) is 13.9. The highest BCUT2D eigenvalue weighted by Gasteiger charge is 2.33. The molecule has 1 amide bonds. The van der Waals surface area contributed by atoms with Gasteiger partial charge in [-0.1, -0.05) is 35.9 Å². The van der Waals surface area contributed by atoms with Crippen LogP contribution in [-0.4, -0.2) is 28.3 Å². The first kappa shape index (κ1) is 17.1. The third-order valence-electron chi connectivity index (χ3n) is 4.10. The molecule has 7 heteroatoms. The molecule has 1 atom stereocenters. The topological polar surface area (TPSA) is 73.2 Å². The van der Waals surface area contributed by atoms with Gasteiger partial charge in [-0.3, -0.25) is 9.59 Å². The van der Waals surface area contributed by atoms with Crippen LogP contribution in [0.4, 0.5) is 5.82 Å². The van der Waals surface area contributed by atoms with Crippen molar-refractivity contribution in [2.75, 3.05) is 18.2 Å². The Kier molecular flexibility index (Phi) is 4.81. The molecule has 1 aromatic carbocycles. The van der Waals surface area contributed by atoms with Gasteiger partial charge in [0.25, 0.3) is 5.56 Å². The number of aromatic nitrogens is 2. The van der Waals surface area contributed by atoms with E-state index in [1.165, 1.54) is 11.8 Å². The molecular weight excluding hydrogens is 338 g/mol. The van der Waals surface area contributed by atoms with Gasteiger partial charge in [0.15, 0.2) is 5.16 Å². The Labute approximate surface area is 149 Å². The first-order valence-corrected chi connectivity index (χ1v) is 8.65. The normalized spacial score (nSPS) is 15.9. The lowest BCUT2D eigenvalue weighted by Crippen LogP contribution is -2.33. The fourth-order valence-corrected chi connectivity index (χ4v) is 3.64. The van der Waals surface area contributed by atoms with Crippen molar-refractivity contribution in [3.8, 4) is 18.1 Å². The Hall–Kier alpha value is -2.72. The molecule has 0 bridgehead atoms. The van der Waals surface area contributed by atoms with E-state index in [1.54, 1.807) is 18.7 Å². The largest absolute Gasteiger partial charge is 0.496 e. The summed E-state index contributed by atoms with van der Waals surface area (Å²) in [6, 6.07) is 7.39. The smallest absolute Gasteiger partial charge is 0.279 e. The molecule has 1 unspecified atom stereocenters. The molecule has 1 N–H and O–H groups in total. The first-order chi connectivity index (χ1) is 12.1. The van der Waals surface area contributed by atoms with Gasteiger partial charge in [-0.25, -0.2) is 0 Å². The summed E-state index contributed by atoms with van der Waals surface area (Å²) in [5, 5.41) is 3.28. The second-order valence-electron chi connectivity index (χ2n) is 5.56. The summed E-state index contributed by atoms with van der Waals surface area (Å²) >= 11 is 1.28. The molecule has 0 fully saturated rings. The standard InChI is InChI=1S/C18H17N3O3S/c1-4-9-25-18-20-17(23)15-12(10-14(22)19-16(15)21(18)2)11-7-5-6-8-13(11)24-3/h1,5-8,12H,9-10H2,2-3H3,(H,19,22). The van der Waals surface area contributed by atoms with Crippen LogP contribution >= 0.6 is 11.8 Å². The minimum atomic E-state index is -0.405. The number of anilines is 1. The van der Waals surface area contributed by atoms with E-state index in [4.69, 9.17) is 11.2 Å². The summed E-state index contributed by atoms with van der Waals surface area (Å²) in [6.07, 6.45) is 5.45. The van der Waals surface area contributed by atoms with Crippen molar-refractivity contribution in [3.63, 3.8) is 0 Å². The van der Waals surface area contributed by atoms with Crippen molar-refractivity contribution in [2.24, 2.45) is 7.05 Å². The number of hydrogen-bond acceptors (Lipinski definition) is 5. The van der Waals surface area contributed by atoms with E-state index in [2.05, 4.69) is 16.2 Å². The summed E-state index contributed by atoms with van der Waals surface area (Å²) in [6.45, 7) is 0. The van der Waals surface area contributed by atoms with Gasteiger partial charge in [-0.05, 0) is 6.07 Å². The first-order valence-electron chi connectivity index (χ1n) is 7.66. The van der Waals surface area contributed by atoms with Gasteiger partial charge in [-0.2, -0.15) is 4.98 Å². The lowest BCUT2D eigenvalue weighted by atomic mass is 9.86. The Balaban J connectivity index is 2.19. The van der Waals surface area contributed by atoms with Crippen molar-refractivity contribution >= 4 is 23.5 Å². The van der Waals surface area contributed by atoms with Crippen LogP contribution in [0.3, 0.4) is 0 Å². The Morgan fingerprint density at radius 2 is 2.20 bits per heavy atom. The predicted molar refractivity (Wildman–Crippen MR) is 97.1 cm³/mol. The zero-order valence-corrected chi connectivity index (χ0v) is 14.7. The molecule has 0 spiro atoms. The number of nitrogens with zero attached hydrogens (tertiary/aromatic N) is 2. The molecular formula is C18H17N3O3S. The number of methoxy groups -OCH3 is 1. The van der Waals surface area contributed by atoms with Gasteiger partial charge >= 0.3 is 0 Å². The number of terminal acetylenes is 1. The van der Waals surface area contributed by atoms with Gasteiger partial charge in [-0.15, -0.1) is 6.42 Å². The monoisotopic (exact) mass is 355 g/mol. The van der Waals surface area contributed by atoms with Gasteiger partial charge in [0.2, 0.25) is 5.91 Å². The molecule has 0 saturated heterocycles. The van der Waals surface area contributed by atoms with Crippen LogP contribution in [0.15, 0.2) is 34.2 Å². The molecule has 6 nitrogen and oxygen atoms in total. The summed E-state index contributed by atoms with van der Waals surface area (Å²) < 4.78 is 7.12. The second kappa shape index (κ2) is 7.03. The average Bonchev–Trinajstić information content (AvgIpc) is 2.62. The molecule has 3 rings (SSSR count). The Morgan fingerprint density at radius 1 is 1.44 bits per heavy atom. The fraction of sp³-hybridized carbons (Fsp3) is 0.278. The number of benzene rings is 1. The van der Waals surface area contributed by atoms with Crippen LogP contribution < -0.4 is 15.6 Å². The molecule has 0 aliphatic carbocycles. The van der Waals surface area contributed by atoms with Crippen LogP contribution in [0, 0.1) is 12.3 Å². The second-order valence-corrected chi connectivity index (χ2v) is 6.50. The van der Waals surface area contributed by atoms with Gasteiger partial charge < -0.3 is 14.6 Å². The van der Waals surface area contributed by atoms with E-state index in [0.717, 1.165) is 5.56 Å². The molecule has 1 aromatic heterocycles. The van der Waals surface area contributed by atoms with Crippen molar-refractivity contribution in [1.82, 2.24) is 9.55 Å². The molecule has 1 aliphatic rings. The van der Waals surface area contributed by atoms with Crippen molar-refractivity contribution in [1.29, 1.82) is 0 Å². The van der Waals surface area contributed by atoms with Gasteiger partial charge in [0.1, 0.15) is 11.6 Å². The number of carbonyl (C=O) groups excluding carboxylic acids is 1. The maximum Gasteiger partial charge on any atom is 0.279 e. The summed E-state index contributed by atoms with van der Waals surface area (Å²) in [4.78, 5) is 29.1. The van der Waals surface area contributed by atoms with Crippen molar-refractivity contribution in [2.45, 2.75) is 17.5 Å². The Bertz CT molecular complexity index is 930. The molecule has 0 saturated carbocycles. The molecule has 25 heavy (non-hydrogen) atoms. The van der Waals surface area contributed by atoms with E-state index < -0.39 is 5.92 Å². The van der Waals surface area contributed by atoms with Crippen molar-refractivity contribution < 1.29 is 9.53 Å². The minimum Gasteiger partial charge on any atom is -0.496 e. The Morgan fingerprint density at radius 3 is 2.92 bits per heavy atom. The minimum absolute atomic E-state index is 0.155. The highest BCUT2D eigenvalue weighted by atomic mass is 32.2. The third-order valence-corrected chi connectivity index (χ3v) is 5.03. The van der Waals surface area contributed by atoms with E-state index in [-0.39, 0.29) is 17.9 Å². The quantitative estimate of drug-likeness (QED) is 0.516. The van der Waals surface area contributed by atoms with Crippen LogP contribution in [0.25, 0.3) is 0 Å². The summed E-state index contributed by atoms with van der Waals surface area (Å²) in [5.74, 6) is 3.44. The number of nitrogens with one attached hydrogen (secondary N) is 1. The highest BCUT2D eigenvalue weighted by molar-refractivity contribution is 7.99. The van der Waals surface area contributed by atoms with Crippen LogP contribution in [0.1, 0.15) is 23.5 Å². The maximum atomic E-state index is 12.7. The number of thioether (sulfide) groups is 1. The van der Waals surface area contributed by atoms with E-state index in [0.29, 0.717) is 28.0 Å². The molecule has 1 aliphatic heterocycles. The number of ether oxygens (including phenoxy) is 1. The number of carbonyl (C=O) groups is 1. The summed E-state index contributed by atoms with van der Waals surface area (Å²) in [7, 11) is 3.33. The molecule has 128 valence electrons. The maximum absolute atomic E-state index is 12.7. The fourth-order valence-electron chi connectivity index (χ4n) is 2.99. The van der Waals surface area contributed by atoms with Crippen LogP contribution in [0.5, 0.6) is 5.75 Å². The number of amides is 1. The molecule has 2 heterocycles. The molecule has 2 aromatic rings. The lowest BCUT2D eigenvalue weighted by molar-refractivity contribution is -0.116. The predicted octanol–water partition coefficient (Wildman–Crippen LogP) is 1.99. The summed E-state index contributed by atoms with van der Waals surface area (Å²) in [5.41, 5.74) is 0.907. The van der Waals surface area contributed by atoms with Crippen LogP contribution in [0.2, 0.25) is 0 Å². The number of hydrogen-bond donors (Lipinski definition) is 1. The third kappa shape index (κ3) is 3.13. The average molecular weight is 355 g/mol. The van der Waals surface area contributed by atoms with Crippen molar-refractivity contribution in [3.05, 3.63) is 45.7 Å². The van der Waals surface area contributed by atoms with E-state index in [9.17, 15) is 9.59 Å². The molecule has 0 radical (unpaired) electrons. The van der Waals surface area contributed by atoms with E-state index in [1.807, 2.05) is 24.3 Å². The lowest BCUT2D eigenvalue weighted by Gasteiger charge is -2.28. The van der Waals surface area contributed by atoms with Gasteiger partial charge in [0, 0.05) is 24.9 Å².